The van der Waals surface area contributed by atoms with E-state index in [1.807, 2.05) is 0 Å². The first-order valence-corrected chi connectivity index (χ1v) is 12.1. The summed E-state index contributed by atoms with van der Waals surface area (Å²) in [6.45, 7) is 14.6. The first-order valence-electron chi connectivity index (χ1n) is 7.61. The molecule has 1 saturated carbocycles. The molecule has 0 aromatic carbocycles. The lowest BCUT2D eigenvalue weighted by Crippen LogP contribution is -2.65. The number of nitrogens with one attached hydrogen (secondary N) is 1. The van der Waals surface area contributed by atoms with Crippen LogP contribution in [0.3, 0.4) is 0 Å². The molecule has 0 bridgehead atoms. The zero-order chi connectivity index (χ0) is 14.0. The second-order valence-corrected chi connectivity index (χ2v) is 14.4. The highest BCUT2D eigenvalue weighted by molar-refractivity contribution is 6.79. The third kappa shape index (κ3) is 3.58. The van der Waals surface area contributed by atoms with Crippen LogP contribution in [0.1, 0.15) is 52.9 Å². The first kappa shape index (κ1) is 16.2. The maximum atomic E-state index is 4.08. The number of hydrogen-bond acceptors (Lipinski definition) is 1. The molecule has 0 heterocycles. The molecule has 0 aliphatic heterocycles. The predicted octanol–water partition coefficient (Wildman–Crippen LogP) is 3.20. The number of hydrogen-bond donors (Lipinski definition) is 1. The molecule has 0 saturated heterocycles. The molecule has 1 N–H and O–H groups in total. The van der Waals surface area contributed by atoms with Gasteiger partial charge < -0.3 is 5.32 Å². The Bertz CT molecular complexity index is 305. The predicted molar refractivity (Wildman–Crippen MR) is 90.1 cm³/mol. The minimum absolute atomic E-state index is 0.475. The second kappa shape index (κ2) is 6.06. The minimum atomic E-state index is -1.17. The van der Waals surface area contributed by atoms with Gasteiger partial charge in [-0.15, -0.1) is 0 Å². The van der Waals surface area contributed by atoms with Crippen molar-refractivity contribution < 1.29 is 0 Å². The normalized spacial score (nSPS) is 23.7. The largest absolute Gasteiger partial charge is 0.308 e. The summed E-state index contributed by atoms with van der Waals surface area (Å²) in [5.41, 5.74) is 1.59. The van der Waals surface area contributed by atoms with Gasteiger partial charge in [0.05, 0.1) is 8.07 Å². The molecule has 0 spiro atoms. The molecule has 3 heteroatoms. The molecule has 106 valence electrons. The summed E-state index contributed by atoms with van der Waals surface area (Å²) in [6.07, 6.45) is 7.09. The zero-order valence-electron chi connectivity index (χ0n) is 13.6. The van der Waals surface area contributed by atoms with Gasteiger partial charge in [-0.25, -0.2) is 0 Å². The molecule has 1 atom stereocenters. The van der Waals surface area contributed by atoms with E-state index in [9.17, 15) is 0 Å². The van der Waals surface area contributed by atoms with Crippen molar-refractivity contribution >= 4 is 18.3 Å². The van der Waals surface area contributed by atoms with Gasteiger partial charge in [0, 0.05) is 21.4 Å². The van der Waals surface area contributed by atoms with Gasteiger partial charge in [0.1, 0.15) is 0 Å². The van der Waals surface area contributed by atoms with E-state index in [-0.39, 0.29) is 0 Å². The van der Waals surface area contributed by atoms with Crippen molar-refractivity contribution in [3.8, 4) is 0 Å². The highest BCUT2D eigenvalue weighted by Gasteiger charge is 2.44. The Hall–Kier alpha value is 0.134. The van der Waals surface area contributed by atoms with E-state index in [2.05, 4.69) is 45.7 Å². The molecule has 0 aromatic heterocycles. The molecule has 1 rings (SSSR count). The Morgan fingerprint density at radius 2 is 1.61 bits per heavy atom. The van der Waals surface area contributed by atoms with Gasteiger partial charge in [0.15, 0.2) is 0 Å². The Balaban J connectivity index is 2.90. The van der Waals surface area contributed by atoms with Gasteiger partial charge in [0.25, 0.3) is 0 Å². The Labute approximate surface area is 118 Å². The molecular weight excluding hydrogens is 250 g/mol. The number of rotatable bonds is 4. The fourth-order valence-electron chi connectivity index (χ4n) is 3.22. The van der Waals surface area contributed by atoms with Gasteiger partial charge in [-0.1, -0.05) is 49.7 Å². The molecule has 0 radical (unpaired) electrons. The van der Waals surface area contributed by atoms with Crippen LogP contribution in [0.5, 0.6) is 0 Å². The van der Waals surface area contributed by atoms with Crippen LogP contribution in [0.2, 0.25) is 19.6 Å². The van der Waals surface area contributed by atoms with Crippen LogP contribution in [0, 0.1) is 0 Å². The van der Waals surface area contributed by atoms with Gasteiger partial charge in [-0.3, -0.25) is 0 Å². The molecule has 1 fully saturated rings. The van der Waals surface area contributed by atoms with E-state index in [1.54, 1.807) is 10.8 Å². The van der Waals surface area contributed by atoms with E-state index in [0.29, 0.717) is 11.2 Å². The average molecular weight is 284 g/mol. The number of allylic oxidation sites excluding steroid dienone is 1. The lowest BCUT2D eigenvalue weighted by Gasteiger charge is -2.49. The monoisotopic (exact) mass is 283 g/mol. The van der Waals surface area contributed by atoms with E-state index in [4.69, 9.17) is 0 Å². The van der Waals surface area contributed by atoms with Crippen molar-refractivity contribution in [3.05, 3.63) is 10.8 Å². The van der Waals surface area contributed by atoms with Crippen molar-refractivity contribution in [3.63, 3.8) is 0 Å². The zero-order valence-corrected chi connectivity index (χ0v) is 16.6. The van der Waals surface area contributed by atoms with Crippen molar-refractivity contribution in [1.82, 2.24) is 5.32 Å². The summed E-state index contributed by atoms with van der Waals surface area (Å²) in [7, 11) is 0.0278. The van der Waals surface area contributed by atoms with E-state index in [0.717, 1.165) is 0 Å². The van der Waals surface area contributed by atoms with Crippen LogP contribution in [-0.4, -0.2) is 29.5 Å². The van der Waals surface area contributed by atoms with E-state index in [1.165, 1.54) is 42.3 Å². The summed E-state index contributed by atoms with van der Waals surface area (Å²) in [5.74, 6) is 0. The van der Waals surface area contributed by atoms with Crippen LogP contribution in [0.15, 0.2) is 10.8 Å². The molecule has 1 unspecified atom stereocenters. The summed E-state index contributed by atoms with van der Waals surface area (Å²) in [5, 5.41) is 6.16. The smallest absolute Gasteiger partial charge is 0.0674 e. The topological polar surface area (TPSA) is 12.0 Å². The fourth-order valence-corrected chi connectivity index (χ4v) is 6.16. The Morgan fingerprint density at radius 3 is 2.00 bits per heavy atom. The Kier molecular flexibility index (Phi) is 5.45. The van der Waals surface area contributed by atoms with Crippen LogP contribution in [0.4, 0.5) is 0 Å². The highest BCUT2D eigenvalue weighted by atomic mass is 28.3. The van der Waals surface area contributed by atoms with Gasteiger partial charge >= 0.3 is 0 Å². The lowest BCUT2D eigenvalue weighted by molar-refractivity contribution is 0.299. The third-order valence-electron chi connectivity index (χ3n) is 5.07. The summed E-state index contributed by atoms with van der Waals surface area (Å²) in [4.78, 5) is 0. The molecule has 0 aromatic rings. The molecule has 1 aliphatic rings. The minimum Gasteiger partial charge on any atom is -0.308 e. The summed E-state index contributed by atoms with van der Waals surface area (Å²) < 4.78 is 0. The van der Waals surface area contributed by atoms with Crippen molar-refractivity contribution in [1.29, 1.82) is 0 Å². The first-order chi connectivity index (χ1) is 8.19. The van der Waals surface area contributed by atoms with Crippen molar-refractivity contribution in [2.45, 2.75) is 83.7 Å². The van der Waals surface area contributed by atoms with Crippen LogP contribution >= 0.6 is 0 Å². The molecular formula is C15H33NSi2. The average Bonchev–Trinajstić information content (AvgIpc) is 2.27. The quantitative estimate of drug-likeness (QED) is 0.781. The third-order valence-corrected chi connectivity index (χ3v) is 9.38. The molecule has 18 heavy (non-hydrogen) atoms. The molecule has 1 nitrogen and oxygen atoms in total. The van der Waals surface area contributed by atoms with E-state index < -0.39 is 8.07 Å². The van der Waals surface area contributed by atoms with Crippen molar-refractivity contribution in [2.24, 2.45) is 0 Å². The van der Waals surface area contributed by atoms with Gasteiger partial charge in [-0.05, 0) is 33.6 Å². The van der Waals surface area contributed by atoms with Crippen molar-refractivity contribution in [2.75, 3.05) is 0 Å². The van der Waals surface area contributed by atoms with E-state index >= 15 is 0 Å². The van der Waals surface area contributed by atoms with Gasteiger partial charge in [0.2, 0.25) is 0 Å². The Morgan fingerprint density at radius 1 is 1.11 bits per heavy atom. The lowest BCUT2D eigenvalue weighted by atomic mass is 9.93. The van der Waals surface area contributed by atoms with Gasteiger partial charge in [-0.2, -0.15) is 0 Å². The maximum Gasteiger partial charge on any atom is 0.0674 e. The van der Waals surface area contributed by atoms with Crippen LogP contribution < -0.4 is 5.32 Å². The maximum absolute atomic E-state index is 4.08. The van der Waals surface area contributed by atoms with Crippen LogP contribution in [0.25, 0.3) is 0 Å². The van der Waals surface area contributed by atoms with Crippen LogP contribution in [-0.2, 0) is 0 Å². The standard InChI is InChI=1S/C15H33NSi2/c1-12(14(3)17)13(2)16-15(18(4,5)6)10-8-7-9-11-15/h13,16H,7-11H2,1-6,17H3. The SMILES string of the molecule is CC([SiH3])=C(C)C(C)NC1([Si](C)(C)C)CCCCC1. The summed E-state index contributed by atoms with van der Waals surface area (Å²) >= 11 is 0. The fraction of sp³-hybridized carbons (Fsp3) is 0.867. The summed E-state index contributed by atoms with van der Waals surface area (Å²) in [6, 6.07) is 0.562. The second-order valence-electron chi connectivity index (χ2n) is 7.44. The molecule has 1 aliphatic carbocycles. The highest BCUT2D eigenvalue weighted by Crippen LogP contribution is 2.36. The molecule has 0 amide bonds.